The minimum Gasteiger partial charge on any atom is -0.477 e. The van der Waals surface area contributed by atoms with Gasteiger partial charge < -0.3 is 10.5 Å². The molecule has 13 heavy (non-hydrogen) atoms. The molecule has 0 amide bonds. The van der Waals surface area contributed by atoms with Gasteiger partial charge in [0.05, 0.1) is 5.69 Å². The van der Waals surface area contributed by atoms with Gasteiger partial charge in [0.15, 0.2) is 6.61 Å². The highest BCUT2D eigenvalue weighted by Gasteiger charge is 2.00. The molecule has 1 rings (SSSR count). The first-order chi connectivity index (χ1) is 6.27. The normalized spacial score (nSPS) is 8.85. The lowest BCUT2D eigenvalue weighted by Crippen LogP contribution is -1.98. The van der Waals surface area contributed by atoms with Crippen LogP contribution in [0.25, 0.3) is 0 Å². The summed E-state index contributed by atoms with van der Waals surface area (Å²) in [5.41, 5.74) is 6.39. The van der Waals surface area contributed by atoms with Crippen LogP contribution in [0, 0.1) is 11.3 Å². The minimum absolute atomic E-state index is 0.0510. The molecule has 0 radical (unpaired) electrons. The van der Waals surface area contributed by atoms with Crippen molar-refractivity contribution in [2.75, 3.05) is 12.3 Å². The fourth-order valence-electron chi connectivity index (χ4n) is 0.882. The van der Waals surface area contributed by atoms with E-state index in [0.29, 0.717) is 23.3 Å². The van der Waals surface area contributed by atoms with E-state index in [2.05, 4.69) is 0 Å². The van der Waals surface area contributed by atoms with E-state index in [-0.39, 0.29) is 6.61 Å². The highest BCUT2D eigenvalue weighted by molar-refractivity contribution is 5.78. The van der Waals surface area contributed by atoms with E-state index in [9.17, 15) is 4.79 Å². The summed E-state index contributed by atoms with van der Waals surface area (Å²) in [5, 5.41) is 8.25. The van der Waals surface area contributed by atoms with Crippen LogP contribution in [0.3, 0.4) is 0 Å². The number of carbonyl (C=O) groups is 1. The van der Waals surface area contributed by atoms with E-state index in [1.807, 2.05) is 6.07 Å². The van der Waals surface area contributed by atoms with Crippen molar-refractivity contribution in [1.82, 2.24) is 0 Å². The Bertz CT molecular complexity index is 355. The van der Waals surface area contributed by atoms with E-state index < -0.39 is 0 Å². The number of aldehydes is 1. The topological polar surface area (TPSA) is 76.1 Å². The summed E-state index contributed by atoms with van der Waals surface area (Å²) in [5.74, 6) is 0.423. The van der Waals surface area contributed by atoms with Gasteiger partial charge >= 0.3 is 0 Å². The van der Waals surface area contributed by atoms with Crippen molar-refractivity contribution in [3.8, 4) is 11.8 Å². The second-order valence-electron chi connectivity index (χ2n) is 2.36. The highest BCUT2D eigenvalue weighted by atomic mass is 16.5. The van der Waals surface area contributed by atoms with Gasteiger partial charge in [-0.25, -0.2) is 0 Å². The maximum atomic E-state index is 10.3. The van der Waals surface area contributed by atoms with Crippen molar-refractivity contribution in [3.05, 3.63) is 23.8 Å². The van der Waals surface area contributed by atoms with Crippen LogP contribution in [0.4, 0.5) is 5.69 Å². The summed E-state index contributed by atoms with van der Waals surface area (Å²) in [6, 6.07) is 6.47. The molecule has 0 saturated carbocycles. The molecule has 0 atom stereocenters. The molecule has 0 aliphatic rings. The molecule has 0 aliphatic carbocycles. The van der Waals surface area contributed by atoms with Crippen LogP contribution in [0.5, 0.6) is 5.75 Å². The average molecular weight is 176 g/mol. The molecule has 2 N–H and O–H groups in total. The monoisotopic (exact) mass is 176 g/mol. The predicted molar refractivity (Wildman–Crippen MR) is 47.3 cm³/mol. The van der Waals surface area contributed by atoms with Crippen molar-refractivity contribution in [1.29, 1.82) is 5.26 Å². The van der Waals surface area contributed by atoms with Gasteiger partial charge in [-0.1, -0.05) is 0 Å². The average Bonchev–Trinajstić information content (AvgIpc) is 2.16. The molecule has 4 nitrogen and oxygen atoms in total. The summed E-state index contributed by atoms with van der Waals surface area (Å²) >= 11 is 0. The van der Waals surface area contributed by atoms with Crippen LogP contribution in [0.2, 0.25) is 0 Å². The van der Waals surface area contributed by atoms with Gasteiger partial charge in [0.1, 0.15) is 18.1 Å². The third kappa shape index (κ3) is 2.20. The summed E-state index contributed by atoms with van der Waals surface area (Å²) in [4.78, 5) is 10.3. The molecule has 1 aromatic carbocycles. The molecule has 1 aromatic rings. The number of nitriles is 1. The Labute approximate surface area is 75.5 Å². The van der Waals surface area contributed by atoms with Gasteiger partial charge in [0, 0.05) is 5.56 Å². The number of ether oxygens (including phenoxy) is 1. The fourth-order valence-corrected chi connectivity index (χ4v) is 0.882. The van der Waals surface area contributed by atoms with E-state index in [0.717, 1.165) is 0 Å². The number of nitrogen functional groups attached to an aromatic ring is 1. The first-order valence-corrected chi connectivity index (χ1v) is 3.62. The number of rotatable bonds is 3. The fraction of sp³-hybridized carbons (Fsp3) is 0.111. The zero-order chi connectivity index (χ0) is 9.68. The molecule has 0 fully saturated rings. The van der Waals surface area contributed by atoms with Gasteiger partial charge in [-0.2, -0.15) is 5.26 Å². The van der Waals surface area contributed by atoms with Gasteiger partial charge in [0.2, 0.25) is 0 Å². The first-order valence-electron chi connectivity index (χ1n) is 3.62. The maximum absolute atomic E-state index is 10.3. The number of hydrogen-bond acceptors (Lipinski definition) is 4. The van der Waals surface area contributed by atoms with E-state index in [1.54, 1.807) is 12.1 Å². The van der Waals surface area contributed by atoms with Crippen LogP contribution in [-0.2, 0) is 0 Å². The lowest BCUT2D eigenvalue weighted by molar-refractivity contribution is 0.112. The van der Waals surface area contributed by atoms with Crippen molar-refractivity contribution >= 4 is 12.0 Å². The Hall–Kier alpha value is -2.02. The van der Waals surface area contributed by atoms with Crippen LogP contribution < -0.4 is 10.5 Å². The molecule has 0 bridgehead atoms. The summed E-state index contributed by atoms with van der Waals surface area (Å²) in [6.45, 7) is -0.0510. The second-order valence-corrected chi connectivity index (χ2v) is 2.36. The Morgan fingerprint density at radius 1 is 1.62 bits per heavy atom. The van der Waals surface area contributed by atoms with Crippen LogP contribution in [0.15, 0.2) is 18.2 Å². The third-order valence-electron chi connectivity index (χ3n) is 1.46. The Morgan fingerprint density at radius 3 is 2.92 bits per heavy atom. The molecule has 4 heteroatoms. The van der Waals surface area contributed by atoms with E-state index in [1.165, 1.54) is 6.07 Å². The number of nitrogens with two attached hydrogens (primary N) is 1. The lowest BCUT2D eigenvalue weighted by atomic mass is 10.2. The van der Waals surface area contributed by atoms with Crippen molar-refractivity contribution in [3.63, 3.8) is 0 Å². The van der Waals surface area contributed by atoms with Crippen LogP contribution >= 0.6 is 0 Å². The van der Waals surface area contributed by atoms with Crippen LogP contribution in [0.1, 0.15) is 10.4 Å². The molecule has 0 spiro atoms. The van der Waals surface area contributed by atoms with Gasteiger partial charge in [-0.05, 0) is 18.2 Å². The Kier molecular flexibility index (Phi) is 2.87. The van der Waals surface area contributed by atoms with Crippen LogP contribution in [-0.4, -0.2) is 12.9 Å². The van der Waals surface area contributed by atoms with Gasteiger partial charge in [-0.15, -0.1) is 0 Å². The Morgan fingerprint density at radius 2 is 2.38 bits per heavy atom. The smallest absolute Gasteiger partial charge is 0.174 e. The van der Waals surface area contributed by atoms with E-state index >= 15 is 0 Å². The number of carbonyl (C=O) groups excluding carboxylic acids is 1. The van der Waals surface area contributed by atoms with Gasteiger partial charge in [0.25, 0.3) is 0 Å². The standard InChI is InChI=1S/C9H8N2O2/c10-3-4-13-9-2-1-7(6-12)5-8(9)11/h1-2,5-6H,4,11H2. The molecular weight excluding hydrogens is 168 g/mol. The molecular formula is C9H8N2O2. The second kappa shape index (κ2) is 4.12. The predicted octanol–water partition coefficient (Wildman–Crippen LogP) is 0.984. The molecule has 0 saturated heterocycles. The molecule has 0 heterocycles. The lowest BCUT2D eigenvalue weighted by Gasteiger charge is -2.04. The first kappa shape index (κ1) is 9.07. The summed E-state index contributed by atoms with van der Waals surface area (Å²) < 4.78 is 4.98. The number of anilines is 1. The van der Waals surface area contributed by atoms with Crippen molar-refractivity contribution < 1.29 is 9.53 Å². The number of nitrogens with zero attached hydrogens (tertiary/aromatic N) is 1. The van der Waals surface area contributed by atoms with Crippen molar-refractivity contribution in [2.45, 2.75) is 0 Å². The quantitative estimate of drug-likeness (QED) is 0.550. The number of hydrogen-bond donors (Lipinski definition) is 1. The molecule has 0 aromatic heterocycles. The van der Waals surface area contributed by atoms with E-state index in [4.69, 9.17) is 15.7 Å². The maximum Gasteiger partial charge on any atom is 0.174 e. The third-order valence-corrected chi connectivity index (χ3v) is 1.46. The largest absolute Gasteiger partial charge is 0.477 e. The van der Waals surface area contributed by atoms with Crippen molar-refractivity contribution in [2.24, 2.45) is 0 Å². The zero-order valence-electron chi connectivity index (χ0n) is 6.86. The van der Waals surface area contributed by atoms with Gasteiger partial charge in [-0.3, -0.25) is 4.79 Å². The SMILES string of the molecule is N#CCOc1ccc(C=O)cc1N. The molecule has 66 valence electrons. The zero-order valence-corrected chi connectivity index (χ0v) is 6.86. The minimum atomic E-state index is -0.0510. The highest BCUT2D eigenvalue weighted by Crippen LogP contribution is 2.21. The summed E-state index contributed by atoms with van der Waals surface area (Å²) in [6.07, 6.45) is 0.699. The molecule has 0 unspecified atom stereocenters. The Balaban J connectivity index is 2.86. The summed E-state index contributed by atoms with van der Waals surface area (Å²) in [7, 11) is 0. The number of benzene rings is 1. The molecule has 0 aliphatic heterocycles.